The molecule has 0 unspecified atom stereocenters. The summed E-state index contributed by atoms with van der Waals surface area (Å²) in [5, 5.41) is 9.58. The van der Waals surface area contributed by atoms with Crippen LogP contribution in [0.25, 0.3) is 16.5 Å². The number of H-pyrrole nitrogens is 1. The molecule has 0 saturated heterocycles. The number of carbonyl (C=O) groups is 2. The van der Waals surface area contributed by atoms with E-state index < -0.39 is 23.1 Å². The fourth-order valence-electron chi connectivity index (χ4n) is 3.42. The Morgan fingerprint density at radius 1 is 1.41 bits per heavy atom. The minimum Gasteiger partial charge on any atom is -0.365 e. The molecule has 2 heterocycles. The van der Waals surface area contributed by atoms with Crippen LogP contribution in [0, 0.1) is 29.9 Å². The second-order valence-corrected chi connectivity index (χ2v) is 6.21. The molecule has 138 valence electrons. The topological polar surface area (TPSA) is 103 Å². The molecule has 8 heteroatoms. The first-order valence-electron chi connectivity index (χ1n) is 8.15. The summed E-state index contributed by atoms with van der Waals surface area (Å²) >= 11 is 0. The van der Waals surface area contributed by atoms with Gasteiger partial charge in [-0.25, -0.2) is 8.78 Å². The van der Waals surface area contributed by atoms with Gasteiger partial charge >= 0.3 is 0 Å². The molecule has 3 rings (SSSR count). The van der Waals surface area contributed by atoms with Crippen LogP contribution in [0.5, 0.6) is 0 Å². The maximum Gasteiger partial charge on any atom is 0.253 e. The Morgan fingerprint density at radius 2 is 2.11 bits per heavy atom. The lowest BCUT2D eigenvalue weighted by Crippen LogP contribution is -2.34. The minimum absolute atomic E-state index is 0.0291. The molecule has 0 spiro atoms. The number of nitrogens with two attached hydrogens (primary N) is 1. The summed E-state index contributed by atoms with van der Waals surface area (Å²) in [5.74, 6) is -4.14. The zero-order valence-electron chi connectivity index (χ0n) is 14.5. The summed E-state index contributed by atoms with van der Waals surface area (Å²) < 4.78 is 29.7. The quantitative estimate of drug-likeness (QED) is 0.812. The van der Waals surface area contributed by atoms with Crippen LogP contribution in [-0.2, 0) is 4.79 Å². The Morgan fingerprint density at radius 3 is 2.70 bits per heavy atom. The van der Waals surface area contributed by atoms with Crippen molar-refractivity contribution in [2.75, 3.05) is 13.1 Å². The summed E-state index contributed by atoms with van der Waals surface area (Å²) in [7, 11) is 0. The Kier molecular flexibility index (Phi) is 4.54. The number of primary amides is 1. The third-order valence-electron chi connectivity index (χ3n) is 4.64. The van der Waals surface area contributed by atoms with Crippen molar-refractivity contribution in [3.63, 3.8) is 0 Å². The second kappa shape index (κ2) is 6.68. The normalized spacial score (nSPS) is 14.0. The number of nitriles is 1. The third kappa shape index (κ3) is 2.77. The molecule has 27 heavy (non-hydrogen) atoms. The molecule has 0 atom stereocenters. The summed E-state index contributed by atoms with van der Waals surface area (Å²) in [6, 6.07) is 1.96. The highest BCUT2D eigenvalue weighted by molar-refractivity contribution is 6.10. The van der Waals surface area contributed by atoms with Crippen LogP contribution in [-0.4, -0.2) is 34.8 Å². The predicted molar refractivity (Wildman–Crippen MR) is 95.6 cm³/mol. The van der Waals surface area contributed by atoms with Gasteiger partial charge in [0.2, 0.25) is 5.91 Å². The Labute approximate surface area is 153 Å². The van der Waals surface area contributed by atoms with E-state index in [9.17, 15) is 19.2 Å². The van der Waals surface area contributed by atoms with E-state index in [1.807, 2.05) is 6.07 Å². The number of carbonyl (C=O) groups excluding carboxylic acids is 2. The third-order valence-corrected chi connectivity index (χ3v) is 4.64. The smallest absolute Gasteiger partial charge is 0.253 e. The van der Waals surface area contributed by atoms with Gasteiger partial charge in [0.15, 0.2) is 11.6 Å². The standard InChI is InChI=1S/C19H16F2N4O2/c1-3-12(26)25-6-4-5-10(8-25)13-14-11(7-22)9(2)24-18(14)15(19(23)27)17(21)16(13)20/h3,5,24H,1,4,6,8H2,2H3,(H2,23,27). The number of benzene rings is 1. The van der Waals surface area contributed by atoms with Crippen molar-refractivity contribution in [2.45, 2.75) is 13.3 Å². The average Bonchev–Trinajstić information content (AvgIpc) is 2.96. The number of aromatic nitrogens is 1. The van der Waals surface area contributed by atoms with Gasteiger partial charge in [0.25, 0.3) is 5.91 Å². The summed E-state index contributed by atoms with van der Waals surface area (Å²) in [5.41, 5.74) is 5.23. The molecule has 0 bridgehead atoms. The second-order valence-electron chi connectivity index (χ2n) is 6.21. The van der Waals surface area contributed by atoms with Gasteiger partial charge in [0.05, 0.1) is 11.1 Å². The number of fused-ring (bicyclic) bond motifs is 1. The van der Waals surface area contributed by atoms with E-state index in [1.54, 1.807) is 13.0 Å². The van der Waals surface area contributed by atoms with Gasteiger partial charge in [-0.2, -0.15) is 5.26 Å². The number of nitrogens with zero attached hydrogens (tertiary/aromatic N) is 2. The number of aromatic amines is 1. The van der Waals surface area contributed by atoms with Crippen LogP contribution >= 0.6 is 0 Å². The van der Waals surface area contributed by atoms with Crippen molar-refractivity contribution >= 4 is 28.3 Å². The first-order chi connectivity index (χ1) is 12.8. The average molecular weight is 370 g/mol. The van der Waals surface area contributed by atoms with E-state index in [0.29, 0.717) is 24.2 Å². The predicted octanol–water partition coefficient (Wildman–Crippen LogP) is 2.53. The van der Waals surface area contributed by atoms with Crippen molar-refractivity contribution in [1.82, 2.24) is 9.88 Å². The molecule has 0 fully saturated rings. The molecule has 2 aromatic rings. The monoisotopic (exact) mass is 370 g/mol. The van der Waals surface area contributed by atoms with Crippen molar-refractivity contribution < 1.29 is 18.4 Å². The largest absolute Gasteiger partial charge is 0.365 e. The lowest BCUT2D eigenvalue weighted by molar-refractivity contribution is -0.125. The molecule has 0 saturated carbocycles. The maximum absolute atomic E-state index is 15.0. The number of hydrogen-bond acceptors (Lipinski definition) is 3. The van der Waals surface area contributed by atoms with Crippen LogP contribution in [0.4, 0.5) is 8.78 Å². The lowest BCUT2D eigenvalue weighted by Gasteiger charge is -2.27. The number of amides is 2. The van der Waals surface area contributed by atoms with E-state index in [-0.39, 0.29) is 34.5 Å². The number of hydrogen-bond donors (Lipinski definition) is 2. The van der Waals surface area contributed by atoms with E-state index in [1.165, 1.54) is 4.90 Å². The molecule has 1 aliphatic heterocycles. The van der Waals surface area contributed by atoms with Gasteiger partial charge in [-0.1, -0.05) is 12.7 Å². The summed E-state index contributed by atoms with van der Waals surface area (Å²) in [6.45, 7) is 5.44. The van der Waals surface area contributed by atoms with Crippen LogP contribution in [0.1, 0.15) is 33.6 Å². The molecular weight excluding hydrogens is 354 g/mol. The van der Waals surface area contributed by atoms with E-state index in [4.69, 9.17) is 5.73 Å². The highest BCUT2D eigenvalue weighted by Gasteiger charge is 2.30. The number of nitrogens with one attached hydrogen (secondary N) is 1. The molecule has 6 nitrogen and oxygen atoms in total. The maximum atomic E-state index is 15.0. The van der Waals surface area contributed by atoms with Crippen LogP contribution < -0.4 is 5.73 Å². The molecule has 1 aliphatic rings. The van der Waals surface area contributed by atoms with Crippen molar-refractivity contribution in [3.05, 3.63) is 52.7 Å². The van der Waals surface area contributed by atoms with E-state index in [0.717, 1.165) is 6.08 Å². The minimum atomic E-state index is -1.39. The molecular formula is C19H16F2N4O2. The van der Waals surface area contributed by atoms with Crippen molar-refractivity contribution in [2.24, 2.45) is 5.73 Å². The summed E-state index contributed by atoms with van der Waals surface area (Å²) in [4.78, 5) is 27.8. The van der Waals surface area contributed by atoms with Crippen LogP contribution in [0.3, 0.4) is 0 Å². The Bertz CT molecular complexity index is 1080. The molecule has 0 aliphatic carbocycles. The SMILES string of the molecule is C=CC(=O)N1CCC=C(c2c(F)c(F)c(C(N)=O)c3[nH]c(C)c(C#N)c23)C1. The number of halogens is 2. The highest BCUT2D eigenvalue weighted by Crippen LogP contribution is 2.37. The first kappa shape index (κ1) is 18.3. The van der Waals surface area contributed by atoms with Gasteiger partial charge in [0.1, 0.15) is 11.6 Å². The molecule has 2 amide bonds. The van der Waals surface area contributed by atoms with Crippen molar-refractivity contribution in [3.8, 4) is 6.07 Å². The van der Waals surface area contributed by atoms with Gasteiger partial charge < -0.3 is 15.6 Å². The number of rotatable bonds is 3. The van der Waals surface area contributed by atoms with E-state index >= 15 is 4.39 Å². The molecule has 3 N–H and O–H groups in total. The van der Waals surface area contributed by atoms with Gasteiger partial charge in [-0.05, 0) is 25.0 Å². The zero-order chi connectivity index (χ0) is 19.9. The fraction of sp³-hybridized carbons (Fsp3) is 0.211. The Hall–Kier alpha value is -3.47. The highest BCUT2D eigenvalue weighted by atomic mass is 19.2. The Balaban J connectivity index is 2.35. The first-order valence-corrected chi connectivity index (χ1v) is 8.15. The lowest BCUT2D eigenvalue weighted by atomic mass is 9.92. The number of aryl methyl sites for hydroxylation is 1. The van der Waals surface area contributed by atoms with E-state index in [2.05, 4.69) is 11.6 Å². The van der Waals surface area contributed by atoms with Crippen LogP contribution in [0.2, 0.25) is 0 Å². The van der Waals surface area contributed by atoms with Crippen molar-refractivity contribution in [1.29, 1.82) is 5.26 Å². The fourth-order valence-corrected chi connectivity index (χ4v) is 3.42. The molecule has 1 aromatic heterocycles. The zero-order valence-corrected chi connectivity index (χ0v) is 14.5. The van der Waals surface area contributed by atoms with Gasteiger partial charge in [-0.3, -0.25) is 9.59 Å². The van der Waals surface area contributed by atoms with Crippen LogP contribution in [0.15, 0.2) is 18.7 Å². The molecule has 0 radical (unpaired) electrons. The van der Waals surface area contributed by atoms with Gasteiger partial charge in [-0.15, -0.1) is 0 Å². The summed E-state index contributed by atoms with van der Waals surface area (Å²) in [6.07, 6.45) is 3.27. The molecule has 1 aromatic carbocycles. The van der Waals surface area contributed by atoms with Gasteiger partial charge in [0, 0.05) is 29.7 Å².